The highest BCUT2D eigenvalue weighted by Gasteiger charge is 2.13. The molecule has 21 heavy (non-hydrogen) atoms. The third-order valence-electron chi connectivity index (χ3n) is 3.54. The van der Waals surface area contributed by atoms with Crippen molar-refractivity contribution in [2.24, 2.45) is 0 Å². The second kappa shape index (κ2) is 6.33. The summed E-state index contributed by atoms with van der Waals surface area (Å²) in [4.78, 5) is 9.32. The summed E-state index contributed by atoms with van der Waals surface area (Å²) in [6.45, 7) is 5.35. The Morgan fingerprint density at radius 3 is 2.95 bits per heavy atom. The van der Waals surface area contributed by atoms with E-state index in [9.17, 15) is 0 Å². The van der Waals surface area contributed by atoms with Crippen molar-refractivity contribution in [3.05, 3.63) is 47.6 Å². The average molecular weight is 297 g/mol. The van der Waals surface area contributed by atoms with Crippen LogP contribution in [0.15, 0.2) is 41.9 Å². The number of nitrogens with one attached hydrogen (secondary N) is 1. The molecule has 1 atom stereocenters. The highest BCUT2D eigenvalue weighted by molar-refractivity contribution is 7.13. The average Bonchev–Trinajstić information content (AvgIpc) is 3.02. The molecule has 0 saturated heterocycles. The van der Waals surface area contributed by atoms with E-state index in [2.05, 4.69) is 47.7 Å². The van der Waals surface area contributed by atoms with Crippen LogP contribution in [0, 0.1) is 0 Å². The van der Waals surface area contributed by atoms with Crippen molar-refractivity contribution in [2.75, 3.05) is 6.54 Å². The predicted molar refractivity (Wildman–Crippen MR) is 89.6 cm³/mol. The fourth-order valence-corrected chi connectivity index (χ4v) is 3.27. The molecule has 0 fully saturated rings. The zero-order valence-corrected chi connectivity index (χ0v) is 13.2. The number of aromatic nitrogens is 2. The zero-order valence-electron chi connectivity index (χ0n) is 12.3. The van der Waals surface area contributed by atoms with Gasteiger partial charge < -0.3 is 5.32 Å². The van der Waals surface area contributed by atoms with Gasteiger partial charge in [-0.15, -0.1) is 11.3 Å². The molecule has 2 heterocycles. The second-order valence-electron chi connectivity index (χ2n) is 5.13. The van der Waals surface area contributed by atoms with E-state index in [1.807, 2.05) is 18.3 Å². The lowest BCUT2D eigenvalue weighted by Gasteiger charge is -2.09. The van der Waals surface area contributed by atoms with Crippen LogP contribution in [0.1, 0.15) is 32.0 Å². The normalized spacial score (nSPS) is 12.7. The van der Waals surface area contributed by atoms with E-state index < -0.39 is 0 Å². The fourth-order valence-electron chi connectivity index (χ4n) is 2.35. The topological polar surface area (TPSA) is 37.8 Å². The smallest absolute Gasteiger partial charge is 0.142 e. The molecule has 0 aliphatic heterocycles. The summed E-state index contributed by atoms with van der Waals surface area (Å²) in [6.07, 6.45) is 2.99. The van der Waals surface area contributed by atoms with Gasteiger partial charge in [-0.25, -0.2) is 4.98 Å². The first-order chi connectivity index (χ1) is 10.3. The van der Waals surface area contributed by atoms with Crippen molar-refractivity contribution in [1.82, 2.24) is 15.3 Å². The van der Waals surface area contributed by atoms with Gasteiger partial charge >= 0.3 is 0 Å². The van der Waals surface area contributed by atoms with Gasteiger partial charge in [0.1, 0.15) is 10.7 Å². The van der Waals surface area contributed by atoms with Crippen LogP contribution in [-0.2, 0) is 0 Å². The molecule has 0 amide bonds. The van der Waals surface area contributed by atoms with Gasteiger partial charge in [0.05, 0.1) is 5.69 Å². The summed E-state index contributed by atoms with van der Waals surface area (Å²) in [7, 11) is 0. The van der Waals surface area contributed by atoms with E-state index in [-0.39, 0.29) is 6.04 Å². The van der Waals surface area contributed by atoms with Crippen LogP contribution < -0.4 is 5.32 Å². The number of benzene rings is 1. The van der Waals surface area contributed by atoms with E-state index in [1.54, 1.807) is 11.3 Å². The van der Waals surface area contributed by atoms with Gasteiger partial charge in [-0.2, -0.15) is 0 Å². The third kappa shape index (κ3) is 2.96. The summed E-state index contributed by atoms with van der Waals surface area (Å²) in [5, 5.41) is 8.97. The monoisotopic (exact) mass is 297 g/mol. The summed E-state index contributed by atoms with van der Waals surface area (Å²) in [5.41, 5.74) is 2.07. The molecule has 0 spiro atoms. The van der Waals surface area contributed by atoms with Gasteiger partial charge in [-0.1, -0.05) is 31.2 Å². The number of hydrogen-bond acceptors (Lipinski definition) is 4. The van der Waals surface area contributed by atoms with Crippen LogP contribution >= 0.6 is 11.3 Å². The molecule has 2 aromatic heterocycles. The Bertz CT molecular complexity index is 730. The molecule has 108 valence electrons. The zero-order chi connectivity index (χ0) is 14.7. The Labute approximate surface area is 129 Å². The summed E-state index contributed by atoms with van der Waals surface area (Å²) >= 11 is 1.67. The minimum atomic E-state index is 0.282. The first kappa shape index (κ1) is 14.2. The van der Waals surface area contributed by atoms with Crippen LogP contribution in [0.4, 0.5) is 0 Å². The van der Waals surface area contributed by atoms with Gasteiger partial charge in [0.15, 0.2) is 0 Å². The molecule has 1 aromatic carbocycles. The first-order valence-corrected chi connectivity index (χ1v) is 8.20. The van der Waals surface area contributed by atoms with E-state index in [0.717, 1.165) is 34.7 Å². The van der Waals surface area contributed by atoms with Gasteiger partial charge in [-0.05, 0) is 31.3 Å². The van der Waals surface area contributed by atoms with Crippen LogP contribution in [0.25, 0.3) is 21.5 Å². The molecule has 1 unspecified atom stereocenters. The molecule has 3 aromatic rings. The lowest BCUT2D eigenvalue weighted by Crippen LogP contribution is -2.19. The van der Waals surface area contributed by atoms with Gasteiger partial charge in [0.25, 0.3) is 0 Å². The SMILES string of the molecule is CCCNC(C)c1csc(-c2nccc3ccccc23)n1. The maximum Gasteiger partial charge on any atom is 0.142 e. The van der Waals surface area contributed by atoms with E-state index in [1.165, 1.54) is 5.39 Å². The van der Waals surface area contributed by atoms with E-state index >= 15 is 0 Å². The Morgan fingerprint density at radius 2 is 2.10 bits per heavy atom. The molecule has 3 nitrogen and oxygen atoms in total. The molecule has 3 rings (SSSR count). The van der Waals surface area contributed by atoms with Crippen LogP contribution in [0.3, 0.4) is 0 Å². The highest BCUT2D eigenvalue weighted by Crippen LogP contribution is 2.30. The molecular formula is C17H19N3S. The molecule has 4 heteroatoms. The van der Waals surface area contributed by atoms with Crippen molar-refractivity contribution >= 4 is 22.1 Å². The number of pyridine rings is 1. The largest absolute Gasteiger partial charge is 0.309 e. The Kier molecular flexibility index (Phi) is 4.27. The maximum absolute atomic E-state index is 4.78. The third-order valence-corrected chi connectivity index (χ3v) is 4.41. The van der Waals surface area contributed by atoms with Crippen molar-refractivity contribution in [2.45, 2.75) is 26.3 Å². The molecule has 0 bridgehead atoms. The quantitative estimate of drug-likeness (QED) is 0.757. The van der Waals surface area contributed by atoms with Crippen molar-refractivity contribution in [3.8, 4) is 10.7 Å². The molecule has 0 aliphatic rings. The standard InChI is InChI=1S/C17H19N3S/c1-3-9-18-12(2)15-11-21-17(20-15)16-14-7-5-4-6-13(14)8-10-19-16/h4-8,10-12,18H,3,9H2,1-2H3. The van der Waals surface area contributed by atoms with Crippen molar-refractivity contribution in [3.63, 3.8) is 0 Å². The molecule has 0 aliphatic carbocycles. The molecule has 0 radical (unpaired) electrons. The predicted octanol–water partition coefficient (Wildman–Crippen LogP) is 4.42. The van der Waals surface area contributed by atoms with Gasteiger partial charge in [0.2, 0.25) is 0 Å². The molecule has 0 saturated carbocycles. The lowest BCUT2D eigenvalue weighted by molar-refractivity contribution is 0.561. The van der Waals surface area contributed by atoms with E-state index in [0.29, 0.717) is 0 Å². The summed E-state index contributed by atoms with van der Waals surface area (Å²) < 4.78 is 0. The minimum absolute atomic E-state index is 0.282. The number of fused-ring (bicyclic) bond motifs is 1. The second-order valence-corrected chi connectivity index (χ2v) is 5.99. The number of thiazole rings is 1. The number of nitrogens with zero attached hydrogens (tertiary/aromatic N) is 2. The van der Waals surface area contributed by atoms with Crippen LogP contribution in [0.2, 0.25) is 0 Å². The summed E-state index contributed by atoms with van der Waals surface area (Å²) in [5.74, 6) is 0. The number of hydrogen-bond donors (Lipinski definition) is 1. The van der Waals surface area contributed by atoms with Crippen LogP contribution in [0.5, 0.6) is 0 Å². The van der Waals surface area contributed by atoms with Crippen LogP contribution in [-0.4, -0.2) is 16.5 Å². The van der Waals surface area contributed by atoms with Gasteiger partial charge in [-0.3, -0.25) is 4.98 Å². The van der Waals surface area contributed by atoms with E-state index in [4.69, 9.17) is 4.98 Å². The Morgan fingerprint density at radius 1 is 1.24 bits per heavy atom. The summed E-state index contributed by atoms with van der Waals surface area (Å²) in [6, 6.07) is 10.6. The Hall–Kier alpha value is -1.78. The number of rotatable bonds is 5. The maximum atomic E-state index is 4.78. The first-order valence-electron chi connectivity index (χ1n) is 7.32. The minimum Gasteiger partial charge on any atom is -0.309 e. The Balaban J connectivity index is 1.95. The van der Waals surface area contributed by atoms with Gasteiger partial charge in [0, 0.05) is 23.0 Å². The lowest BCUT2D eigenvalue weighted by atomic mass is 10.1. The fraction of sp³-hybridized carbons (Fsp3) is 0.294. The molecule has 1 N–H and O–H groups in total. The van der Waals surface area contributed by atoms with Crippen molar-refractivity contribution in [1.29, 1.82) is 0 Å². The highest BCUT2D eigenvalue weighted by atomic mass is 32.1. The molecular weight excluding hydrogens is 278 g/mol. The van der Waals surface area contributed by atoms with Crippen molar-refractivity contribution < 1.29 is 0 Å².